The number of hydrogen-bond acceptors (Lipinski definition) is 0. The van der Waals surface area contributed by atoms with Crippen molar-refractivity contribution < 1.29 is 0 Å². The van der Waals surface area contributed by atoms with Crippen molar-refractivity contribution in [2.24, 2.45) is 0 Å². The summed E-state index contributed by atoms with van der Waals surface area (Å²) in [4.78, 5) is 0. The molecule has 0 unspecified atom stereocenters. The fourth-order valence-corrected chi connectivity index (χ4v) is 7.68. The Morgan fingerprint density at radius 2 is 0.812 bits per heavy atom. The van der Waals surface area contributed by atoms with Crippen LogP contribution in [0.5, 0.6) is 0 Å². The fraction of sp³-hybridized carbons (Fsp3) is 0. The predicted molar refractivity (Wildman–Crippen MR) is 203 cm³/mol. The van der Waals surface area contributed by atoms with E-state index in [4.69, 9.17) is 0 Å². The van der Waals surface area contributed by atoms with Crippen LogP contribution in [0, 0.1) is 0 Å². The minimum atomic E-state index is 1.17. The van der Waals surface area contributed by atoms with Gasteiger partial charge in [-0.05, 0) is 82.2 Å². The van der Waals surface area contributed by atoms with Gasteiger partial charge in [0.2, 0.25) is 0 Å². The second-order valence-corrected chi connectivity index (χ2v) is 12.6. The van der Waals surface area contributed by atoms with Gasteiger partial charge in [-0.1, -0.05) is 127 Å². The number of aromatic nitrogens is 2. The van der Waals surface area contributed by atoms with Crippen molar-refractivity contribution in [2.45, 2.75) is 0 Å². The third kappa shape index (κ3) is 4.06. The van der Waals surface area contributed by atoms with Crippen molar-refractivity contribution >= 4 is 54.4 Å². The average molecular weight is 611 g/mol. The van der Waals surface area contributed by atoms with Crippen LogP contribution in [0.15, 0.2) is 182 Å². The summed E-state index contributed by atoms with van der Waals surface area (Å²) < 4.78 is 4.92. The van der Waals surface area contributed by atoms with E-state index in [1.165, 1.54) is 88.0 Å². The van der Waals surface area contributed by atoms with Crippen molar-refractivity contribution in [3.05, 3.63) is 182 Å². The lowest BCUT2D eigenvalue weighted by Gasteiger charge is -2.15. The monoisotopic (exact) mass is 610 g/mol. The maximum Gasteiger partial charge on any atom is 0.0549 e. The Labute approximate surface area is 278 Å². The van der Waals surface area contributed by atoms with E-state index in [2.05, 4.69) is 191 Å². The highest BCUT2D eigenvalue weighted by molar-refractivity contribution is 6.20. The molecule has 8 aromatic carbocycles. The minimum Gasteiger partial charge on any atom is -0.309 e. The lowest BCUT2D eigenvalue weighted by Crippen LogP contribution is -1.97. The van der Waals surface area contributed by atoms with Gasteiger partial charge in [-0.25, -0.2) is 0 Å². The average Bonchev–Trinajstić information content (AvgIpc) is 3.66. The molecular formula is C46H30N2. The predicted octanol–water partition coefficient (Wildman–Crippen LogP) is 12.4. The molecule has 0 saturated heterocycles. The topological polar surface area (TPSA) is 9.86 Å². The minimum absolute atomic E-state index is 1.17. The summed E-state index contributed by atoms with van der Waals surface area (Å²) >= 11 is 0. The van der Waals surface area contributed by atoms with Gasteiger partial charge >= 0.3 is 0 Å². The molecule has 2 heteroatoms. The number of benzene rings is 8. The molecule has 0 aliphatic heterocycles. The first-order chi connectivity index (χ1) is 23.8. The van der Waals surface area contributed by atoms with E-state index in [9.17, 15) is 0 Å². The number of rotatable bonds is 4. The van der Waals surface area contributed by atoms with E-state index in [-0.39, 0.29) is 0 Å². The number of para-hydroxylation sites is 2. The molecule has 0 fully saturated rings. The van der Waals surface area contributed by atoms with E-state index in [0.29, 0.717) is 0 Å². The first-order valence-electron chi connectivity index (χ1n) is 16.5. The zero-order chi connectivity index (χ0) is 31.6. The Bertz CT molecular complexity index is 2810. The highest BCUT2D eigenvalue weighted by Gasteiger charge is 2.20. The number of nitrogens with zero attached hydrogens (tertiary/aromatic N) is 2. The third-order valence-electron chi connectivity index (χ3n) is 9.87. The van der Waals surface area contributed by atoms with Crippen LogP contribution >= 0.6 is 0 Å². The van der Waals surface area contributed by atoms with Crippen LogP contribution in [-0.4, -0.2) is 9.13 Å². The third-order valence-corrected chi connectivity index (χ3v) is 9.87. The maximum atomic E-state index is 2.50. The van der Waals surface area contributed by atoms with Gasteiger partial charge < -0.3 is 9.13 Å². The summed E-state index contributed by atoms with van der Waals surface area (Å²) in [5.41, 5.74) is 12.0. The molecule has 2 heterocycles. The van der Waals surface area contributed by atoms with Crippen molar-refractivity contribution in [3.63, 3.8) is 0 Å². The molecular weight excluding hydrogens is 581 g/mol. The molecule has 10 aromatic rings. The standard InChI is InChI=1S/C46H30N2/c1-4-14-31(15-5-1)33-24-25-43-39(27-33)41-30-45-40(38-22-12-13-23-42(38)47(45)36-19-8-3-9-20-36)29-46(41)48(43)44-28-35(32-16-6-2-7-17-32)26-34-18-10-11-21-37(34)44/h1-30H. The molecule has 0 saturated carbocycles. The van der Waals surface area contributed by atoms with Gasteiger partial charge in [0, 0.05) is 32.6 Å². The first kappa shape index (κ1) is 26.8. The van der Waals surface area contributed by atoms with Gasteiger partial charge in [-0.15, -0.1) is 0 Å². The molecule has 0 amide bonds. The molecule has 0 aliphatic rings. The fourth-order valence-electron chi connectivity index (χ4n) is 7.68. The smallest absolute Gasteiger partial charge is 0.0549 e. The molecule has 0 spiro atoms. The van der Waals surface area contributed by atoms with Crippen molar-refractivity contribution in [1.29, 1.82) is 0 Å². The number of fused-ring (bicyclic) bond motifs is 7. The highest BCUT2D eigenvalue weighted by atomic mass is 15.0. The van der Waals surface area contributed by atoms with Crippen molar-refractivity contribution in [1.82, 2.24) is 9.13 Å². The van der Waals surface area contributed by atoms with Crippen LogP contribution in [0.4, 0.5) is 0 Å². The Kier molecular flexibility index (Phi) is 5.91. The summed E-state index contributed by atoms with van der Waals surface area (Å²) in [6, 6.07) is 66.3. The van der Waals surface area contributed by atoms with Crippen molar-refractivity contribution in [2.75, 3.05) is 0 Å². The molecule has 0 aliphatic carbocycles. The van der Waals surface area contributed by atoms with Crippen LogP contribution in [0.2, 0.25) is 0 Å². The summed E-state index contributed by atoms with van der Waals surface area (Å²) in [6.45, 7) is 0. The van der Waals surface area contributed by atoms with Crippen LogP contribution in [0.1, 0.15) is 0 Å². The molecule has 0 radical (unpaired) electrons. The van der Waals surface area contributed by atoms with E-state index in [0.717, 1.165) is 0 Å². The van der Waals surface area contributed by atoms with Gasteiger partial charge in [0.25, 0.3) is 0 Å². The van der Waals surface area contributed by atoms with E-state index in [1.54, 1.807) is 0 Å². The normalized spacial score (nSPS) is 11.8. The molecule has 10 rings (SSSR count). The molecule has 0 atom stereocenters. The second-order valence-electron chi connectivity index (χ2n) is 12.6. The molecule has 0 N–H and O–H groups in total. The lowest BCUT2D eigenvalue weighted by molar-refractivity contribution is 1.18. The summed E-state index contributed by atoms with van der Waals surface area (Å²) in [5.74, 6) is 0. The van der Waals surface area contributed by atoms with Crippen molar-refractivity contribution in [3.8, 4) is 33.6 Å². The zero-order valence-electron chi connectivity index (χ0n) is 26.2. The Balaban J connectivity index is 1.37. The zero-order valence-corrected chi connectivity index (χ0v) is 26.2. The molecule has 48 heavy (non-hydrogen) atoms. The summed E-state index contributed by atoms with van der Waals surface area (Å²) in [7, 11) is 0. The van der Waals surface area contributed by atoms with Crippen LogP contribution < -0.4 is 0 Å². The van der Waals surface area contributed by atoms with Gasteiger partial charge in [-0.2, -0.15) is 0 Å². The first-order valence-corrected chi connectivity index (χ1v) is 16.5. The Morgan fingerprint density at radius 1 is 0.271 bits per heavy atom. The van der Waals surface area contributed by atoms with Crippen LogP contribution in [0.3, 0.4) is 0 Å². The summed E-state index contributed by atoms with van der Waals surface area (Å²) in [5, 5.41) is 7.44. The van der Waals surface area contributed by atoms with Crippen LogP contribution in [0.25, 0.3) is 88.0 Å². The molecule has 2 nitrogen and oxygen atoms in total. The van der Waals surface area contributed by atoms with E-state index >= 15 is 0 Å². The summed E-state index contributed by atoms with van der Waals surface area (Å²) in [6.07, 6.45) is 0. The Hall–Kier alpha value is -6.38. The quantitative estimate of drug-likeness (QED) is 0.188. The SMILES string of the molecule is c1ccc(-c2cc(-n3c4ccc(-c5ccccc5)cc4c4cc5c(cc43)c3ccccc3n5-c3ccccc3)c3ccccc3c2)cc1. The lowest BCUT2D eigenvalue weighted by atomic mass is 9.99. The van der Waals surface area contributed by atoms with Gasteiger partial charge in [0.1, 0.15) is 0 Å². The second kappa shape index (κ2) is 10.6. The molecule has 224 valence electrons. The molecule has 0 bridgehead atoms. The van der Waals surface area contributed by atoms with E-state index in [1.807, 2.05) is 0 Å². The van der Waals surface area contributed by atoms with E-state index < -0.39 is 0 Å². The van der Waals surface area contributed by atoms with Gasteiger partial charge in [-0.3, -0.25) is 0 Å². The van der Waals surface area contributed by atoms with Crippen LogP contribution in [-0.2, 0) is 0 Å². The Morgan fingerprint density at radius 3 is 1.56 bits per heavy atom. The molecule has 2 aromatic heterocycles. The van der Waals surface area contributed by atoms with Gasteiger partial charge in [0.15, 0.2) is 0 Å². The highest BCUT2D eigenvalue weighted by Crippen LogP contribution is 2.42. The van der Waals surface area contributed by atoms with Gasteiger partial charge in [0.05, 0.1) is 27.8 Å². The largest absolute Gasteiger partial charge is 0.309 e. The maximum absolute atomic E-state index is 2.50. The number of hydrogen-bond donors (Lipinski definition) is 0.